The molecule has 2 aromatic rings. The zero-order chi connectivity index (χ0) is 19.8. The highest BCUT2D eigenvalue weighted by molar-refractivity contribution is 6.01. The lowest BCUT2D eigenvalue weighted by atomic mass is 10.1. The molecule has 2 rings (SSSR count). The molecule has 144 valence electrons. The van der Waals surface area contributed by atoms with Gasteiger partial charge < -0.3 is 19.7 Å². The molecule has 0 saturated carbocycles. The van der Waals surface area contributed by atoms with E-state index >= 15 is 0 Å². The van der Waals surface area contributed by atoms with Gasteiger partial charge in [-0.2, -0.15) is 0 Å². The average molecular weight is 374 g/mol. The number of hydrogen-bond donors (Lipinski definition) is 1. The lowest BCUT2D eigenvalue weighted by Gasteiger charge is -2.23. The number of methoxy groups -OCH3 is 2. The van der Waals surface area contributed by atoms with Gasteiger partial charge in [0.05, 0.1) is 25.5 Å². The number of benzene rings is 2. The first kappa shape index (κ1) is 20.2. The van der Waals surface area contributed by atoms with Gasteiger partial charge in [0.15, 0.2) is 0 Å². The van der Waals surface area contributed by atoms with Crippen molar-refractivity contribution < 1.29 is 23.5 Å². The van der Waals surface area contributed by atoms with Crippen molar-refractivity contribution >= 4 is 17.5 Å². The zero-order valence-corrected chi connectivity index (χ0v) is 15.6. The highest BCUT2D eigenvalue weighted by atomic mass is 19.1. The third kappa shape index (κ3) is 5.20. The van der Waals surface area contributed by atoms with Crippen molar-refractivity contribution in [2.45, 2.75) is 13.3 Å². The van der Waals surface area contributed by atoms with Gasteiger partial charge in [-0.3, -0.25) is 9.59 Å². The summed E-state index contributed by atoms with van der Waals surface area (Å²) in [4.78, 5) is 26.7. The topological polar surface area (TPSA) is 67.9 Å². The summed E-state index contributed by atoms with van der Waals surface area (Å²) in [6.45, 7) is 2.06. The Hall–Kier alpha value is -3.09. The fraction of sp³-hybridized carbons (Fsp3) is 0.300. The highest BCUT2D eigenvalue weighted by Gasteiger charge is 2.22. The summed E-state index contributed by atoms with van der Waals surface area (Å²) in [7, 11) is 2.91. The number of nitrogens with one attached hydrogen (secondary N) is 1. The Labute approximate surface area is 157 Å². The van der Waals surface area contributed by atoms with Crippen LogP contribution in [0.1, 0.15) is 23.7 Å². The predicted molar refractivity (Wildman–Crippen MR) is 101 cm³/mol. The van der Waals surface area contributed by atoms with E-state index < -0.39 is 11.7 Å². The van der Waals surface area contributed by atoms with Crippen LogP contribution in [-0.4, -0.2) is 44.0 Å². The molecular formula is C20H23FN2O4. The largest absolute Gasteiger partial charge is 0.496 e. The van der Waals surface area contributed by atoms with Crippen LogP contribution in [0, 0.1) is 5.82 Å². The van der Waals surface area contributed by atoms with Gasteiger partial charge in [0.25, 0.3) is 5.91 Å². The quantitative estimate of drug-likeness (QED) is 0.770. The molecule has 0 aliphatic carbocycles. The number of anilines is 1. The van der Waals surface area contributed by atoms with Crippen molar-refractivity contribution in [1.29, 1.82) is 0 Å². The van der Waals surface area contributed by atoms with Gasteiger partial charge in [0.2, 0.25) is 5.91 Å². The Morgan fingerprint density at radius 2 is 1.78 bits per heavy atom. The van der Waals surface area contributed by atoms with E-state index in [9.17, 15) is 14.0 Å². The molecule has 0 atom stereocenters. The van der Waals surface area contributed by atoms with E-state index in [2.05, 4.69) is 5.32 Å². The Bertz CT molecular complexity index is 810. The van der Waals surface area contributed by atoms with E-state index in [4.69, 9.17) is 9.47 Å². The number of hydrogen-bond acceptors (Lipinski definition) is 4. The van der Waals surface area contributed by atoms with Crippen LogP contribution < -0.4 is 14.8 Å². The molecule has 0 aromatic heterocycles. The van der Waals surface area contributed by atoms with Crippen molar-refractivity contribution in [3.63, 3.8) is 0 Å². The van der Waals surface area contributed by atoms with Crippen molar-refractivity contribution in [2.75, 3.05) is 32.6 Å². The molecule has 0 fully saturated rings. The molecule has 6 nitrogen and oxygen atoms in total. The molecule has 0 saturated heterocycles. The molecule has 0 bridgehead atoms. The summed E-state index contributed by atoms with van der Waals surface area (Å²) < 4.78 is 24.0. The van der Waals surface area contributed by atoms with E-state index in [1.54, 1.807) is 24.3 Å². The van der Waals surface area contributed by atoms with Crippen LogP contribution in [0.5, 0.6) is 11.5 Å². The van der Waals surface area contributed by atoms with Crippen molar-refractivity contribution in [3.05, 3.63) is 53.8 Å². The molecule has 7 heteroatoms. The van der Waals surface area contributed by atoms with Gasteiger partial charge in [0.1, 0.15) is 23.9 Å². The van der Waals surface area contributed by atoms with Crippen LogP contribution in [-0.2, 0) is 4.79 Å². The second-order valence-corrected chi connectivity index (χ2v) is 5.82. The fourth-order valence-corrected chi connectivity index (χ4v) is 2.65. The Kier molecular flexibility index (Phi) is 7.16. The number of rotatable bonds is 8. The van der Waals surface area contributed by atoms with Gasteiger partial charge in [0, 0.05) is 6.54 Å². The minimum Gasteiger partial charge on any atom is -0.496 e. The predicted octanol–water partition coefficient (Wildman–Crippen LogP) is 3.33. The maximum Gasteiger partial charge on any atom is 0.258 e. The highest BCUT2D eigenvalue weighted by Crippen LogP contribution is 2.24. The molecule has 0 unspecified atom stereocenters. The number of para-hydroxylation sites is 2. The maximum absolute atomic E-state index is 13.6. The SMILES string of the molecule is CCCN(CC(=O)Nc1ccccc1OC)C(=O)c1cc(F)ccc1OC. The summed E-state index contributed by atoms with van der Waals surface area (Å²) in [5.74, 6) is -0.618. The number of amides is 2. The first-order chi connectivity index (χ1) is 13.0. The second kappa shape index (κ2) is 9.56. The summed E-state index contributed by atoms with van der Waals surface area (Å²) in [6, 6.07) is 10.7. The first-order valence-corrected chi connectivity index (χ1v) is 8.55. The number of carbonyl (C=O) groups is 2. The van der Waals surface area contributed by atoms with Gasteiger partial charge in [-0.25, -0.2) is 4.39 Å². The minimum atomic E-state index is -0.547. The average Bonchev–Trinajstić information content (AvgIpc) is 2.67. The normalized spacial score (nSPS) is 10.2. The molecule has 27 heavy (non-hydrogen) atoms. The van der Waals surface area contributed by atoms with Gasteiger partial charge in [-0.1, -0.05) is 19.1 Å². The summed E-state index contributed by atoms with van der Waals surface area (Å²) in [5, 5.41) is 2.73. The van der Waals surface area contributed by atoms with Crippen LogP contribution in [0.3, 0.4) is 0 Å². The molecule has 2 amide bonds. The standard InChI is InChI=1S/C20H23FN2O4/c1-4-11-23(20(25)15-12-14(21)9-10-17(15)26-2)13-19(24)22-16-7-5-6-8-18(16)27-3/h5-10,12H,4,11,13H2,1-3H3,(H,22,24). The molecule has 0 aliphatic rings. The van der Waals surface area contributed by atoms with Gasteiger partial charge in [-0.15, -0.1) is 0 Å². The van der Waals surface area contributed by atoms with Crippen molar-refractivity contribution in [3.8, 4) is 11.5 Å². The summed E-state index contributed by atoms with van der Waals surface area (Å²) in [5.41, 5.74) is 0.591. The number of nitrogens with zero attached hydrogens (tertiary/aromatic N) is 1. The van der Waals surface area contributed by atoms with Crippen LogP contribution in [0.15, 0.2) is 42.5 Å². The van der Waals surface area contributed by atoms with Crippen molar-refractivity contribution in [2.24, 2.45) is 0 Å². The molecule has 0 heterocycles. The Balaban J connectivity index is 2.18. The van der Waals surface area contributed by atoms with E-state index in [-0.39, 0.29) is 23.8 Å². The van der Waals surface area contributed by atoms with Gasteiger partial charge in [-0.05, 0) is 36.8 Å². The minimum absolute atomic E-state index is 0.0797. The Morgan fingerprint density at radius 1 is 1.07 bits per heavy atom. The van der Waals surface area contributed by atoms with Crippen molar-refractivity contribution in [1.82, 2.24) is 4.90 Å². The van der Waals surface area contributed by atoms with E-state index in [1.165, 1.54) is 31.3 Å². The maximum atomic E-state index is 13.6. The van der Waals surface area contributed by atoms with Crippen LogP contribution in [0.25, 0.3) is 0 Å². The smallest absolute Gasteiger partial charge is 0.258 e. The second-order valence-electron chi connectivity index (χ2n) is 5.82. The molecule has 0 aliphatic heterocycles. The fourth-order valence-electron chi connectivity index (χ4n) is 2.65. The number of carbonyl (C=O) groups excluding carboxylic acids is 2. The van der Waals surface area contributed by atoms with Crippen LogP contribution in [0.4, 0.5) is 10.1 Å². The lowest BCUT2D eigenvalue weighted by Crippen LogP contribution is -2.38. The Morgan fingerprint density at radius 3 is 2.44 bits per heavy atom. The number of halogens is 1. The zero-order valence-electron chi connectivity index (χ0n) is 15.6. The molecule has 1 N–H and O–H groups in total. The van der Waals surface area contributed by atoms with Gasteiger partial charge >= 0.3 is 0 Å². The number of ether oxygens (including phenoxy) is 2. The van der Waals surface area contributed by atoms with Crippen LogP contribution in [0.2, 0.25) is 0 Å². The molecular weight excluding hydrogens is 351 g/mol. The lowest BCUT2D eigenvalue weighted by molar-refractivity contribution is -0.116. The van der Waals surface area contributed by atoms with E-state index in [0.29, 0.717) is 24.4 Å². The third-order valence-corrected chi connectivity index (χ3v) is 3.89. The first-order valence-electron chi connectivity index (χ1n) is 8.55. The summed E-state index contributed by atoms with van der Waals surface area (Å²) >= 11 is 0. The summed E-state index contributed by atoms with van der Waals surface area (Å²) in [6.07, 6.45) is 0.644. The van der Waals surface area contributed by atoms with E-state index in [1.807, 2.05) is 6.92 Å². The van der Waals surface area contributed by atoms with E-state index in [0.717, 1.165) is 6.07 Å². The molecule has 0 radical (unpaired) electrons. The monoisotopic (exact) mass is 374 g/mol. The van der Waals surface area contributed by atoms with Crippen LogP contribution >= 0.6 is 0 Å². The molecule has 2 aromatic carbocycles. The molecule has 0 spiro atoms. The third-order valence-electron chi connectivity index (χ3n) is 3.89.